The molecule has 0 bridgehead atoms. The van der Waals surface area contributed by atoms with Crippen LogP contribution in [0, 0.1) is 13.8 Å². The molecule has 1 N–H and O–H groups in total. The number of hydrogen-bond donors (Lipinski definition) is 1. The van der Waals surface area contributed by atoms with Crippen molar-refractivity contribution in [3.05, 3.63) is 17.6 Å². The van der Waals surface area contributed by atoms with Gasteiger partial charge >= 0.3 is 0 Å². The highest BCUT2D eigenvalue weighted by atomic mass is 16.5. The van der Waals surface area contributed by atoms with Gasteiger partial charge in [-0.1, -0.05) is 0 Å². The monoisotopic (exact) mass is 260 g/mol. The van der Waals surface area contributed by atoms with Crippen LogP contribution in [-0.4, -0.2) is 40.2 Å². The number of aromatic amines is 1. The third-order valence-corrected chi connectivity index (χ3v) is 3.43. The van der Waals surface area contributed by atoms with Crippen molar-refractivity contribution < 1.29 is 4.74 Å². The predicted octanol–water partition coefficient (Wildman–Crippen LogP) is 2.19. The van der Waals surface area contributed by atoms with Gasteiger partial charge in [-0.05, 0) is 33.8 Å². The number of anilines is 1. The van der Waals surface area contributed by atoms with Gasteiger partial charge in [-0.3, -0.25) is 0 Å². The van der Waals surface area contributed by atoms with Crippen LogP contribution < -0.4 is 4.90 Å². The Morgan fingerprint density at radius 2 is 1.89 bits per heavy atom. The molecule has 1 aliphatic rings. The van der Waals surface area contributed by atoms with Gasteiger partial charge in [-0.15, -0.1) is 0 Å². The van der Waals surface area contributed by atoms with Gasteiger partial charge in [-0.2, -0.15) is 0 Å². The van der Waals surface area contributed by atoms with Crippen LogP contribution in [0.1, 0.15) is 25.4 Å². The van der Waals surface area contributed by atoms with E-state index in [1.165, 1.54) is 0 Å². The van der Waals surface area contributed by atoms with E-state index in [4.69, 9.17) is 4.74 Å². The molecule has 2 atom stereocenters. The first-order valence-corrected chi connectivity index (χ1v) is 6.77. The van der Waals surface area contributed by atoms with Crippen LogP contribution in [0.5, 0.6) is 0 Å². The molecular weight excluding hydrogens is 240 g/mol. The molecule has 0 spiro atoms. The molecule has 0 aliphatic carbocycles. The Bertz CT molecular complexity index is 597. The number of ether oxygens (including phenoxy) is 1. The van der Waals surface area contributed by atoms with Crippen molar-refractivity contribution >= 4 is 16.9 Å². The average molecular weight is 260 g/mol. The minimum absolute atomic E-state index is 0.231. The number of morpholine rings is 1. The molecule has 19 heavy (non-hydrogen) atoms. The van der Waals surface area contributed by atoms with Gasteiger partial charge in [0, 0.05) is 18.8 Å². The second-order valence-corrected chi connectivity index (χ2v) is 5.47. The van der Waals surface area contributed by atoms with Crippen molar-refractivity contribution in [3.63, 3.8) is 0 Å². The lowest BCUT2D eigenvalue weighted by Crippen LogP contribution is -2.46. The first kappa shape index (κ1) is 12.4. The molecule has 0 radical (unpaired) electrons. The smallest absolute Gasteiger partial charge is 0.143 e. The van der Waals surface area contributed by atoms with Crippen molar-refractivity contribution in [2.24, 2.45) is 0 Å². The molecule has 0 amide bonds. The fraction of sp³-hybridized carbons (Fsp3) is 0.571. The topological polar surface area (TPSA) is 54.0 Å². The number of rotatable bonds is 1. The summed E-state index contributed by atoms with van der Waals surface area (Å²) in [6.45, 7) is 9.95. The molecule has 1 saturated heterocycles. The summed E-state index contributed by atoms with van der Waals surface area (Å²) in [6, 6.07) is 2.12. The summed E-state index contributed by atoms with van der Waals surface area (Å²) in [4.78, 5) is 14.7. The average Bonchev–Trinajstić information content (AvgIpc) is 2.66. The molecular formula is C14H20N4O. The number of aryl methyl sites for hydroxylation is 2. The molecule has 102 valence electrons. The van der Waals surface area contributed by atoms with Crippen LogP contribution in [0.2, 0.25) is 0 Å². The molecule has 2 aromatic rings. The van der Waals surface area contributed by atoms with Crippen LogP contribution in [-0.2, 0) is 4.74 Å². The summed E-state index contributed by atoms with van der Waals surface area (Å²) >= 11 is 0. The zero-order chi connectivity index (χ0) is 13.6. The fourth-order valence-corrected chi connectivity index (χ4v) is 2.83. The van der Waals surface area contributed by atoms with E-state index >= 15 is 0 Å². The zero-order valence-corrected chi connectivity index (χ0v) is 11.9. The molecule has 5 nitrogen and oxygen atoms in total. The normalized spacial score (nSPS) is 24.1. The third-order valence-electron chi connectivity index (χ3n) is 3.43. The van der Waals surface area contributed by atoms with Crippen LogP contribution in [0.4, 0.5) is 5.82 Å². The van der Waals surface area contributed by atoms with Crippen LogP contribution in [0.25, 0.3) is 11.0 Å². The minimum Gasteiger partial charge on any atom is -0.372 e. The maximum atomic E-state index is 5.79. The molecule has 0 aromatic carbocycles. The maximum Gasteiger partial charge on any atom is 0.143 e. The van der Waals surface area contributed by atoms with Crippen LogP contribution in [0.3, 0.4) is 0 Å². The van der Waals surface area contributed by atoms with E-state index in [0.717, 1.165) is 41.5 Å². The summed E-state index contributed by atoms with van der Waals surface area (Å²) in [5.74, 6) is 1.82. The second kappa shape index (κ2) is 4.49. The summed E-state index contributed by atoms with van der Waals surface area (Å²) < 4.78 is 5.79. The lowest BCUT2D eigenvalue weighted by Gasteiger charge is -2.36. The Labute approximate surface area is 113 Å². The molecule has 1 fully saturated rings. The van der Waals surface area contributed by atoms with Crippen molar-refractivity contribution in [1.82, 2.24) is 15.0 Å². The van der Waals surface area contributed by atoms with Gasteiger partial charge < -0.3 is 14.6 Å². The SMILES string of the molecule is Cc1nc(N2CC(C)OC(C)C2)c2cc(C)[nH]c2n1. The number of fused-ring (bicyclic) bond motifs is 1. The van der Waals surface area contributed by atoms with E-state index in [1.807, 2.05) is 13.8 Å². The van der Waals surface area contributed by atoms with Crippen LogP contribution >= 0.6 is 0 Å². The van der Waals surface area contributed by atoms with Crippen molar-refractivity contribution in [1.29, 1.82) is 0 Å². The van der Waals surface area contributed by atoms with E-state index in [2.05, 4.69) is 39.8 Å². The number of nitrogens with zero attached hydrogens (tertiary/aromatic N) is 3. The number of nitrogens with one attached hydrogen (secondary N) is 1. The van der Waals surface area contributed by atoms with Gasteiger partial charge in [0.25, 0.3) is 0 Å². The highest BCUT2D eigenvalue weighted by Crippen LogP contribution is 2.27. The highest BCUT2D eigenvalue weighted by Gasteiger charge is 2.25. The predicted molar refractivity (Wildman–Crippen MR) is 75.6 cm³/mol. The van der Waals surface area contributed by atoms with E-state index < -0.39 is 0 Å². The maximum absolute atomic E-state index is 5.79. The summed E-state index contributed by atoms with van der Waals surface area (Å²) in [5.41, 5.74) is 2.04. The van der Waals surface area contributed by atoms with Crippen molar-refractivity contribution in [2.75, 3.05) is 18.0 Å². The molecule has 3 rings (SSSR count). The lowest BCUT2D eigenvalue weighted by molar-refractivity contribution is -0.00538. The molecule has 0 saturated carbocycles. The van der Waals surface area contributed by atoms with E-state index in [9.17, 15) is 0 Å². The molecule has 2 aromatic heterocycles. The largest absolute Gasteiger partial charge is 0.372 e. The minimum atomic E-state index is 0.231. The highest BCUT2D eigenvalue weighted by molar-refractivity contribution is 5.88. The Hall–Kier alpha value is -1.62. The van der Waals surface area contributed by atoms with Gasteiger partial charge in [0.05, 0.1) is 17.6 Å². The number of hydrogen-bond acceptors (Lipinski definition) is 4. The van der Waals surface area contributed by atoms with Gasteiger partial charge in [0.15, 0.2) is 0 Å². The molecule has 5 heteroatoms. The number of H-pyrrole nitrogens is 1. The molecule has 3 heterocycles. The van der Waals surface area contributed by atoms with Crippen molar-refractivity contribution in [2.45, 2.75) is 39.9 Å². The first-order chi connectivity index (χ1) is 9.02. The van der Waals surface area contributed by atoms with Gasteiger partial charge in [0.2, 0.25) is 0 Å². The fourth-order valence-electron chi connectivity index (χ4n) is 2.83. The third kappa shape index (κ3) is 2.30. The lowest BCUT2D eigenvalue weighted by atomic mass is 10.2. The quantitative estimate of drug-likeness (QED) is 0.854. The summed E-state index contributed by atoms with van der Waals surface area (Å²) in [5, 5.41) is 1.10. The van der Waals surface area contributed by atoms with Crippen LogP contribution in [0.15, 0.2) is 6.07 Å². The molecule has 1 aliphatic heterocycles. The Kier molecular flexibility index (Phi) is 2.93. The Morgan fingerprint density at radius 3 is 2.58 bits per heavy atom. The Morgan fingerprint density at radius 1 is 1.21 bits per heavy atom. The molecule has 2 unspecified atom stereocenters. The van der Waals surface area contributed by atoms with E-state index in [1.54, 1.807) is 0 Å². The second-order valence-electron chi connectivity index (χ2n) is 5.47. The zero-order valence-electron chi connectivity index (χ0n) is 11.9. The summed E-state index contributed by atoms with van der Waals surface area (Å²) in [6.07, 6.45) is 0.461. The van der Waals surface area contributed by atoms with E-state index in [0.29, 0.717) is 0 Å². The van der Waals surface area contributed by atoms with Crippen molar-refractivity contribution in [3.8, 4) is 0 Å². The first-order valence-electron chi connectivity index (χ1n) is 6.77. The van der Waals surface area contributed by atoms with Gasteiger partial charge in [-0.25, -0.2) is 9.97 Å². The van der Waals surface area contributed by atoms with E-state index in [-0.39, 0.29) is 12.2 Å². The Balaban J connectivity index is 2.08. The van der Waals surface area contributed by atoms with Gasteiger partial charge in [0.1, 0.15) is 17.3 Å². The standard InChI is InChI=1S/C14H20N4O/c1-8-5-12-13(15-8)16-11(4)17-14(12)18-6-9(2)19-10(3)7-18/h5,9-10H,6-7H2,1-4H3,(H,15,16,17). The summed E-state index contributed by atoms with van der Waals surface area (Å²) in [7, 11) is 0. The number of aromatic nitrogens is 3.